The largest absolute Gasteiger partial charge is 0.326 e. The molecule has 9 heteroatoms. The fourth-order valence-corrected chi connectivity index (χ4v) is 2.44. The van der Waals surface area contributed by atoms with E-state index in [0.29, 0.717) is 11.4 Å². The zero-order chi connectivity index (χ0) is 20.0. The molecule has 2 aromatic rings. The highest BCUT2D eigenvalue weighted by Crippen LogP contribution is 2.24. The highest BCUT2D eigenvalue weighted by atomic mass is 35.5. The van der Waals surface area contributed by atoms with Crippen LogP contribution in [0.25, 0.3) is 0 Å². The van der Waals surface area contributed by atoms with E-state index in [0.717, 1.165) is 11.6 Å². The number of para-hydroxylation sites is 1. The molecule has 0 aliphatic rings. The standard InChI is InChI=1S/C18H17ClN4O4/c1-11-5-3-4-6-15(11)20-17(24)9-12(2)21-22-18(25)13-7-8-16(23(26)27)14(19)10-13/h3-8,10H,9H2,1-2H3,(H,20,24)(H,22,25)/b21-12-. The van der Waals surface area contributed by atoms with Gasteiger partial charge in [0.05, 0.1) is 11.3 Å². The van der Waals surface area contributed by atoms with Crippen molar-refractivity contribution in [3.8, 4) is 0 Å². The summed E-state index contributed by atoms with van der Waals surface area (Å²) in [6, 6.07) is 11.0. The van der Waals surface area contributed by atoms with Crippen molar-refractivity contribution in [1.82, 2.24) is 5.43 Å². The van der Waals surface area contributed by atoms with Gasteiger partial charge >= 0.3 is 0 Å². The van der Waals surface area contributed by atoms with Crippen molar-refractivity contribution in [3.05, 3.63) is 68.7 Å². The second-order valence-corrected chi connectivity index (χ2v) is 6.16. The van der Waals surface area contributed by atoms with Crippen LogP contribution in [0.1, 0.15) is 29.3 Å². The molecular weight excluding hydrogens is 372 g/mol. The fraction of sp³-hybridized carbons (Fsp3) is 0.167. The van der Waals surface area contributed by atoms with E-state index in [4.69, 9.17) is 11.6 Å². The first-order valence-corrected chi connectivity index (χ1v) is 8.28. The van der Waals surface area contributed by atoms with Gasteiger partial charge in [0, 0.05) is 23.0 Å². The maximum atomic E-state index is 12.1. The number of rotatable bonds is 6. The Morgan fingerprint density at radius 3 is 2.56 bits per heavy atom. The predicted molar refractivity (Wildman–Crippen MR) is 103 cm³/mol. The zero-order valence-corrected chi connectivity index (χ0v) is 15.4. The van der Waals surface area contributed by atoms with E-state index < -0.39 is 10.8 Å². The number of nitro groups is 1. The number of hydrogen-bond acceptors (Lipinski definition) is 5. The van der Waals surface area contributed by atoms with Crippen LogP contribution in [0.4, 0.5) is 11.4 Å². The van der Waals surface area contributed by atoms with Gasteiger partial charge in [-0.2, -0.15) is 5.10 Å². The Balaban J connectivity index is 1.95. The van der Waals surface area contributed by atoms with Crippen molar-refractivity contribution < 1.29 is 14.5 Å². The minimum absolute atomic E-state index is 0.00433. The highest BCUT2D eigenvalue weighted by Gasteiger charge is 2.15. The van der Waals surface area contributed by atoms with Crippen LogP contribution in [-0.4, -0.2) is 22.4 Å². The summed E-state index contributed by atoms with van der Waals surface area (Å²) in [5.74, 6) is -0.858. The number of halogens is 1. The van der Waals surface area contributed by atoms with Crippen LogP contribution in [-0.2, 0) is 4.79 Å². The number of anilines is 1. The van der Waals surface area contributed by atoms with Gasteiger partial charge in [0.2, 0.25) is 5.91 Å². The van der Waals surface area contributed by atoms with Crippen molar-refractivity contribution in [3.63, 3.8) is 0 Å². The average Bonchev–Trinajstić information content (AvgIpc) is 2.61. The van der Waals surface area contributed by atoms with Gasteiger partial charge in [-0.3, -0.25) is 19.7 Å². The molecular formula is C18H17ClN4O4. The van der Waals surface area contributed by atoms with E-state index in [9.17, 15) is 19.7 Å². The SMILES string of the molecule is C/C(CC(=O)Nc1ccccc1C)=N/NC(=O)c1ccc([N+](=O)[O-])c(Cl)c1. The molecule has 0 aromatic heterocycles. The molecule has 2 rings (SSSR count). The number of hydrazone groups is 1. The number of hydrogen-bond donors (Lipinski definition) is 2. The van der Waals surface area contributed by atoms with Gasteiger partial charge in [-0.1, -0.05) is 29.8 Å². The van der Waals surface area contributed by atoms with Gasteiger partial charge in [-0.25, -0.2) is 5.43 Å². The lowest BCUT2D eigenvalue weighted by Gasteiger charge is -2.08. The van der Waals surface area contributed by atoms with E-state index >= 15 is 0 Å². The van der Waals surface area contributed by atoms with Crippen molar-refractivity contribution in [2.45, 2.75) is 20.3 Å². The summed E-state index contributed by atoms with van der Waals surface area (Å²) < 4.78 is 0. The number of nitro benzene ring substituents is 1. The van der Waals surface area contributed by atoms with E-state index in [2.05, 4.69) is 15.8 Å². The van der Waals surface area contributed by atoms with E-state index in [1.54, 1.807) is 13.0 Å². The van der Waals surface area contributed by atoms with Crippen LogP contribution in [0.5, 0.6) is 0 Å². The van der Waals surface area contributed by atoms with Crippen molar-refractivity contribution in [2.75, 3.05) is 5.32 Å². The lowest BCUT2D eigenvalue weighted by atomic mass is 10.2. The third-order valence-electron chi connectivity index (χ3n) is 3.59. The van der Waals surface area contributed by atoms with E-state index in [1.165, 1.54) is 12.1 Å². The maximum absolute atomic E-state index is 12.1. The first-order valence-electron chi connectivity index (χ1n) is 7.91. The number of nitrogens with zero attached hydrogens (tertiary/aromatic N) is 2. The number of aryl methyl sites for hydroxylation is 1. The minimum Gasteiger partial charge on any atom is -0.326 e. The first-order chi connectivity index (χ1) is 12.8. The molecule has 0 radical (unpaired) electrons. The second kappa shape index (κ2) is 8.91. The van der Waals surface area contributed by atoms with Crippen LogP contribution >= 0.6 is 11.6 Å². The summed E-state index contributed by atoms with van der Waals surface area (Å²) in [7, 11) is 0. The molecule has 0 fully saturated rings. The van der Waals surface area contributed by atoms with Crippen LogP contribution in [0.15, 0.2) is 47.6 Å². The molecule has 27 heavy (non-hydrogen) atoms. The Labute approximate surface area is 160 Å². The zero-order valence-electron chi connectivity index (χ0n) is 14.7. The second-order valence-electron chi connectivity index (χ2n) is 5.75. The lowest BCUT2D eigenvalue weighted by Crippen LogP contribution is -2.21. The molecule has 0 spiro atoms. The monoisotopic (exact) mass is 388 g/mol. The first kappa shape index (κ1) is 20.1. The number of benzene rings is 2. The van der Waals surface area contributed by atoms with Crippen molar-refractivity contribution in [2.24, 2.45) is 5.10 Å². The number of amides is 2. The van der Waals surface area contributed by atoms with Crippen LogP contribution < -0.4 is 10.7 Å². The minimum atomic E-state index is -0.640. The van der Waals surface area contributed by atoms with Crippen LogP contribution in [0.3, 0.4) is 0 Å². The number of carbonyl (C=O) groups is 2. The molecule has 2 N–H and O–H groups in total. The molecule has 0 saturated carbocycles. The molecule has 2 amide bonds. The van der Waals surface area contributed by atoms with Crippen LogP contribution in [0.2, 0.25) is 5.02 Å². The third kappa shape index (κ3) is 5.61. The topological polar surface area (TPSA) is 114 Å². The van der Waals surface area contributed by atoms with E-state index in [-0.39, 0.29) is 28.6 Å². The summed E-state index contributed by atoms with van der Waals surface area (Å²) in [6.07, 6.45) is -0.00433. The molecule has 140 valence electrons. The fourth-order valence-electron chi connectivity index (χ4n) is 2.19. The van der Waals surface area contributed by atoms with Crippen molar-refractivity contribution in [1.29, 1.82) is 0 Å². The Morgan fingerprint density at radius 2 is 1.93 bits per heavy atom. The summed E-state index contributed by atoms with van der Waals surface area (Å²) >= 11 is 5.78. The van der Waals surface area contributed by atoms with E-state index in [1.807, 2.05) is 25.1 Å². The maximum Gasteiger partial charge on any atom is 0.287 e. The van der Waals surface area contributed by atoms with Gasteiger partial charge in [-0.15, -0.1) is 0 Å². The van der Waals surface area contributed by atoms with Gasteiger partial charge in [-0.05, 0) is 37.6 Å². The van der Waals surface area contributed by atoms with Gasteiger partial charge < -0.3 is 5.32 Å². The summed E-state index contributed by atoms with van der Waals surface area (Å²) in [4.78, 5) is 34.2. The Bertz CT molecular complexity index is 927. The molecule has 0 heterocycles. The predicted octanol–water partition coefficient (Wildman–Crippen LogP) is 3.69. The lowest BCUT2D eigenvalue weighted by molar-refractivity contribution is -0.384. The molecule has 0 aliphatic carbocycles. The Kier molecular flexibility index (Phi) is 6.62. The van der Waals surface area contributed by atoms with Crippen LogP contribution in [0, 0.1) is 17.0 Å². The summed E-state index contributed by atoms with van der Waals surface area (Å²) in [6.45, 7) is 3.48. The smallest absolute Gasteiger partial charge is 0.287 e. The quantitative estimate of drug-likeness (QED) is 0.446. The molecule has 0 aliphatic heterocycles. The number of nitrogens with one attached hydrogen (secondary N) is 2. The molecule has 0 saturated heterocycles. The molecule has 2 aromatic carbocycles. The average molecular weight is 389 g/mol. The van der Waals surface area contributed by atoms with Crippen molar-refractivity contribution >= 4 is 40.5 Å². The Morgan fingerprint density at radius 1 is 1.22 bits per heavy atom. The summed E-state index contributed by atoms with van der Waals surface area (Å²) in [5.41, 5.74) is 4.16. The normalized spacial score (nSPS) is 11.0. The molecule has 0 atom stereocenters. The Hall–Kier alpha value is -3.26. The van der Waals surface area contributed by atoms with Gasteiger partial charge in [0.25, 0.3) is 11.6 Å². The number of carbonyl (C=O) groups excluding carboxylic acids is 2. The van der Waals surface area contributed by atoms with Gasteiger partial charge in [0.1, 0.15) is 5.02 Å². The third-order valence-corrected chi connectivity index (χ3v) is 3.89. The molecule has 0 bridgehead atoms. The summed E-state index contributed by atoms with van der Waals surface area (Å²) in [5, 5.41) is 17.2. The highest BCUT2D eigenvalue weighted by molar-refractivity contribution is 6.33. The molecule has 8 nitrogen and oxygen atoms in total. The molecule has 0 unspecified atom stereocenters. The van der Waals surface area contributed by atoms with Gasteiger partial charge in [0.15, 0.2) is 0 Å².